The van der Waals surface area contributed by atoms with Crippen molar-refractivity contribution >= 4 is 0 Å². The minimum Gasteiger partial charge on any atom is -0.498 e. The van der Waals surface area contributed by atoms with Crippen LogP contribution in [0.2, 0.25) is 0 Å². The van der Waals surface area contributed by atoms with Gasteiger partial charge in [-0.3, -0.25) is 0 Å². The van der Waals surface area contributed by atoms with Crippen LogP contribution in [0.25, 0.3) is 0 Å². The number of hydrogen-bond acceptors (Lipinski definition) is 1. The highest BCUT2D eigenvalue weighted by molar-refractivity contribution is 5.05. The molecule has 1 saturated carbocycles. The van der Waals surface area contributed by atoms with Crippen LogP contribution in [0.5, 0.6) is 0 Å². The maximum absolute atomic E-state index is 4.98. The highest BCUT2D eigenvalue weighted by Gasteiger charge is 2.04. The topological polar surface area (TPSA) is 9.23 Å². The van der Waals surface area contributed by atoms with Gasteiger partial charge in [0.2, 0.25) is 0 Å². The lowest BCUT2D eigenvalue weighted by molar-refractivity contribution is 0.290. The molecule has 1 heteroatoms. The van der Waals surface area contributed by atoms with E-state index in [2.05, 4.69) is 12.7 Å². The average Bonchev–Trinajstić information content (AvgIpc) is 2.41. The number of allylic oxidation sites excluding steroid dienone is 1. The molecule has 0 saturated heterocycles. The molecule has 0 aromatic heterocycles. The van der Waals surface area contributed by atoms with E-state index >= 15 is 0 Å². The van der Waals surface area contributed by atoms with E-state index in [9.17, 15) is 0 Å². The Bertz CT molecular complexity index is 128. The van der Waals surface area contributed by atoms with Crippen LogP contribution < -0.4 is 0 Å². The Morgan fingerprint density at radius 2 is 2.10 bits per heavy atom. The highest BCUT2D eigenvalue weighted by atomic mass is 16.5. The molecule has 1 nitrogen and oxygen atoms in total. The number of rotatable bonds is 3. The standard InChI is InChI=1S/C9H14O/c1-2-10-8-7-9-5-3-4-6-9/h2,7H,1,3-6,8H2. The van der Waals surface area contributed by atoms with E-state index in [0.717, 1.165) is 0 Å². The molecule has 0 N–H and O–H groups in total. The fraction of sp³-hybridized carbons (Fsp3) is 0.556. The SMILES string of the molecule is C=COCC=C1CCCC1. The summed E-state index contributed by atoms with van der Waals surface area (Å²) in [5, 5.41) is 0. The largest absolute Gasteiger partial charge is 0.498 e. The average molecular weight is 138 g/mol. The first kappa shape index (κ1) is 7.39. The van der Waals surface area contributed by atoms with Crippen molar-refractivity contribution in [3.63, 3.8) is 0 Å². The third kappa shape index (κ3) is 2.26. The summed E-state index contributed by atoms with van der Waals surface area (Å²) in [6.07, 6.45) is 8.95. The van der Waals surface area contributed by atoms with Crippen LogP contribution >= 0.6 is 0 Å². The molecule has 0 heterocycles. The van der Waals surface area contributed by atoms with Gasteiger partial charge in [-0.05, 0) is 31.8 Å². The van der Waals surface area contributed by atoms with Gasteiger partial charge in [0.1, 0.15) is 6.61 Å². The van der Waals surface area contributed by atoms with Crippen molar-refractivity contribution in [1.29, 1.82) is 0 Å². The zero-order valence-corrected chi connectivity index (χ0v) is 6.31. The molecule has 1 fully saturated rings. The smallest absolute Gasteiger partial charge is 0.106 e. The molecule has 0 bridgehead atoms. The summed E-state index contributed by atoms with van der Waals surface area (Å²) in [5.41, 5.74) is 1.56. The highest BCUT2D eigenvalue weighted by Crippen LogP contribution is 2.23. The van der Waals surface area contributed by atoms with Gasteiger partial charge in [0.25, 0.3) is 0 Å². The summed E-state index contributed by atoms with van der Waals surface area (Å²) in [4.78, 5) is 0. The quantitative estimate of drug-likeness (QED) is 0.331. The summed E-state index contributed by atoms with van der Waals surface area (Å²) >= 11 is 0. The summed E-state index contributed by atoms with van der Waals surface area (Å²) in [5.74, 6) is 0. The molecule has 1 rings (SSSR count). The first-order valence-electron chi connectivity index (χ1n) is 3.84. The first-order chi connectivity index (χ1) is 4.93. The second-order valence-electron chi connectivity index (χ2n) is 2.57. The maximum atomic E-state index is 4.98. The molecule has 0 radical (unpaired) electrons. The van der Waals surface area contributed by atoms with Crippen LogP contribution in [0.1, 0.15) is 25.7 Å². The van der Waals surface area contributed by atoms with Crippen molar-refractivity contribution in [2.24, 2.45) is 0 Å². The lowest BCUT2D eigenvalue weighted by Crippen LogP contribution is -1.82. The van der Waals surface area contributed by atoms with E-state index in [-0.39, 0.29) is 0 Å². The van der Waals surface area contributed by atoms with E-state index in [1.807, 2.05) is 0 Å². The Morgan fingerprint density at radius 1 is 1.40 bits per heavy atom. The molecule has 0 aromatic rings. The van der Waals surface area contributed by atoms with Gasteiger partial charge in [0.15, 0.2) is 0 Å². The number of hydrogen-bond donors (Lipinski definition) is 0. The summed E-state index contributed by atoms with van der Waals surface area (Å²) in [6.45, 7) is 4.18. The van der Waals surface area contributed by atoms with Crippen LogP contribution in [0.15, 0.2) is 24.5 Å². The second-order valence-corrected chi connectivity index (χ2v) is 2.57. The predicted molar refractivity (Wildman–Crippen MR) is 42.7 cm³/mol. The summed E-state index contributed by atoms with van der Waals surface area (Å²) in [7, 11) is 0. The molecule has 0 atom stereocenters. The number of ether oxygens (including phenoxy) is 1. The zero-order valence-electron chi connectivity index (χ0n) is 6.31. The van der Waals surface area contributed by atoms with Gasteiger partial charge < -0.3 is 4.74 Å². The van der Waals surface area contributed by atoms with Gasteiger partial charge in [-0.1, -0.05) is 12.2 Å². The molecule has 0 aliphatic heterocycles. The molecule has 10 heavy (non-hydrogen) atoms. The molecule has 0 unspecified atom stereocenters. The Hall–Kier alpha value is -0.720. The van der Waals surface area contributed by atoms with Gasteiger partial charge in [-0.15, -0.1) is 0 Å². The lowest BCUT2D eigenvalue weighted by atomic mass is 10.2. The fourth-order valence-corrected chi connectivity index (χ4v) is 1.27. The van der Waals surface area contributed by atoms with Gasteiger partial charge >= 0.3 is 0 Å². The van der Waals surface area contributed by atoms with E-state index < -0.39 is 0 Å². The van der Waals surface area contributed by atoms with E-state index in [4.69, 9.17) is 4.74 Å². The molecule has 56 valence electrons. The molecular weight excluding hydrogens is 124 g/mol. The van der Waals surface area contributed by atoms with Crippen molar-refractivity contribution in [3.8, 4) is 0 Å². The molecule has 1 aliphatic carbocycles. The van der Waals surface area contributed by atoms with Crippen LogP contribution in [-0.4, -0.2) is 6.61 Å². The predicted octanol–water partition coefficient (Wildman–Crippen LogP) is 2.65. The zero-order chi connectivity index (χ0) is 7.23. The molecule has 1 aliphatic rings. The Kier molecular flexibility index (Phi) is 3.07. The fourth-order valence-electron chi connectivity index (χ4n) is 1.27. The van der Waals surface area contributed by atoms with Crippen molar-refractivity contribution in [2.45, 2.75) is 25.7 Å². The molecular formula is C9H14O. The monoisotopic (exact) mass is 138 g/mol. The van der Waals surface area contributed by atoms with Crippen LogP contribution in [-0.2, 0) is 4.74 Å². The first-order valence-corrected chi connectivity index (χ1v) is 3.84. The van der Waals surface area contributed by atoms with Gasteiger partial charge in [0.05, 0.1) is 6.26 Å². The third-order valence-corrected chi connectivity index (χ3v) is 1.83. The summed E-state index contributed by atoms with van der Waals surface area (Å²) in [6, 6.07) is 0. The van der Waals surface area contributed by atoms with E-state index in [1.54, 1.807) is 5.57 Å². The minimum atomic E-state index is 0.707. The van der Waals surface area contributed by atoms with Crippen LogP contribution in [0, 0.1) is 0 Å². The van der Waals surface area contributed by atoms with Crippen LogP contribution in [0.4, 0.5) is 0 Å². The van der Waals surface area contributed by atoms with Gasteiger partial charge in [-0.2, -0.15) is 0 Å². The second kappa shape index (κ2) is 4.15. The van der Waals surface area contributed by atoms with E-state index in [0.29, 0.717) is 6.61 Å². The molecule has 0 spiro atoms. The lowest BCUT2D eigenvalue weighted by Gasteiger charge is -1.95. The normalized spacial score (nSPS) is 17.0. The molecule has 0 amide bonds. The molecule has 0 aromatic carbocycles. The van der Waals surface area contributed by atoms with Crippen LogP contribution in [0.3, 0.4) is 0 Å². The summed E-state index contributed by atoms with van der Waals surface area (Å²) < 4.78 is 4.98. The Morgan fingerprint density at radius 3 is 2.70 bits per heavy atom. The Labute approximate surface area is 62.4 Å². The minimum absolute atomic E-state index is 0.707. The van der Waals surface area contributed by atoms with Gasteiger partial charge in [0, 0.05) is 0 Å². The van der Waals surface area contributed by atoms with Crippen molar-refractivity contribution < 1.29 is 4.74 Å². The maximum Gasteiger partial charge on any atom is 0.106 e. The Balaban J connectivity index is 2.18. The van der Waals surface area contributed by atoms with Crippen molar-refractivity contribution in [2.75, 3.05) is 6.61 Å². The van der Waals surface area contributed by atoms with Gasteiger partial charge in [-0.25, -0.2) is 0 Å². The van der Waals surface area contributed by atoms with Crippen molar-refractivity contribution in [1.82, 2.24) is 0 Å². The van der Waals surface area contributed by atoms with Crippen molar-refractivity contribution in [3.05, 3.63) is 24.5 Å². The third-order valence-electron chi connectivity index (χ3n) is 1.83. The van der Waals surface area contributed by atoms with E-state index in [1.165, 1.54) is 31.9 Å².